The molecule has 0 amide bonds. The predicted molar refractivity (Wildman–Crippen MR) is 244 cm³/mol. The van der Waals surface area contributed by atoms with Gasteiger partial charge in [-0.2, -0.15) is 0 Å². The van der Waals surface area contributed by atoms with E-state index >= 15 is 0 Å². The number of rotatable bonds is 12. The fraction of sp³-hybridized carbons (Fsp3) is 0.115. The molecule has 0 radical (unpaired) electrons. The molecule has 0 spiro atoms. The molecule has 6 nitrogen and oxygen atoms in total. The summed E-state index contributed by atoms with van der Waals surface area (Å²) in [4.78, 5) is 21.5. The molecule has 0 aromatic heterocycles. The van der Waals surface area contributed by atoms with Gasteiger partial charge >= 0.3 is 11.9 Å². The van der Waals surface area contributed by atoms with Gasteiger partial charge in [0, 0.05) is 17.2 Å². The van der Waals surface area contributed by atoms with Gasteiger partial charge in [-0.3, -0.25) is 0 Å². The lowest BCUT2D eigenvalue weighted by molar-refractivity contribution is -0.132. The number of aliphatic carboxylic acids is 2. The molecule has 0 heterocycles. The van der Waals surface area contributed by atoms with Gasteiger partial charge < -0.3 is 20.4 Å². The first-order valence-corrected chi connectivity index (χ1v) is 19.4. The van der Waals surface area contributed by atoms with E-state index < -0.39 is 11.9 Å². The van der Waals surface area contributed by atoms with Gasteiger partial charge in [-0.05, 0) is 147 Å². The van der Waals surface area contributed by atoms with Crippen LogP contribution in [-0.2, 0) is 9.59 Å². The molecule has 0 aliphatic heterocycles. The van der Waals surface area contributed by atoms with Crippen molar-refractivity contribution >= 4 is 58.0 Å². The molecule has 0 saturated carbocycles. The quantitative estimate of drug-likeness (QED) is 0.0722. The average Bonchev–Trinajstić information content (AvgIpc) is 3.23. The molecule has 4 N–H and O–H groups in total. The Balaban J connectivity index is 0.000000260. The van der Waals surface area contributed by atoms with Crippen LogP contribution in [0.2, 0.25) is 5.02 Å². The molecule has 0 aliphatic carbocycles. The Hall–Kier alpha value is -6.96. The largest absolute Gasteiger partial charge is 0.508 e. The maximum atomic E-state index is 13.7. The Morgan fingerprint density at radius 2 is 0.950 bits per heavy atom. The zero-order valence-corrected chi connectivity index (χ0v) is 33.6. The van der Waals surface area contributed by atoms with Crippen molar-refractivity contribution in [1.29, 1.82) is 0 Å². The zero-order valence-electron chi connectivity index (χ0n) is 32.9. The summed E-state index contributed by atoms with van der Waals surface area (Å²) in [7, 11) is 0. The monoisotopic (exact) mass is 822 g/mol. The lowest BCUT2D eigenvalue weighted by Crippen LogP contribution is -1.97. The Kier molecular flexibility index (Phi) is 16.5. The number of aromatic hydroxyl groups is 2. The first kappa shape index (κ1) is 45.7. The molecule has 8 heteroatoms. The summed E-state index contributed by atoms with van der Waals surface area (Å²) in [6.07, 6.45) is 6.81. The molecule has 6 aromatic rings. The van der Waals surface area contributed by atoms with Crippen molar-refractivity contribution in [1.82, 2.24) is 0 Å². The number of carboxylic acid groups (broad SMARTS) is 2. The highest BCUT2D eigenvalue weighted by molar-refractivity contribution is 6.32. The SMILES string of the molecule is C.CC/C(=C(\c1ccc(O)cc1)c1ccc(/C=C/C(=O)O)cc1)c1ccc(F)cc1C.CC/C(=C(\c1ccc(O)cc1)c1ccc(/C=C/C(=O)O)cc1)c1ccccc1Cl. The highest BCUT2D eigenvalue weighted by Crippen LogP contribution is 2.39. The number of hydrogen-bond donors (Lipinski definition) is 4. The van der Waals surface area contributed by atoms with Crippen LogP contribution in [0.4, 0.5) is 4.39 Å². The second kappa shape index (κ2) is 21.7. The highest BCUT2D eigenvalue weighted by Gasteiger charge is 2.17. The summed E-state index contributed by atoms with van der Waals surface area (Å²) in [5, 5.41) is 37.8. The molecule has 0 saturated heterocycles. The molecule has 60 heavy (non-hydrogen) atoms. The van der Waals surface area contributed by atoms with Crippen LogP contribution in [0.5, 0.6) is 11.5 Å². The lowest BCUT2D eigenvalue weighted by atomic mass is 9.86. The van der Waals surface area contributed by atoms with Crippen molar-refractivity contribution in [2.45, 2.75) is 41.0 Å². The topological polar surface area (TPSA) is 115 Å². The van der Waals surface area contributed by atoms with Crippen LogP contribution >= 0.6 is 11.6 Å². The van der Waals surface area contributed by atoms with E-state index in [4.69, 9.17) is 21.8 Å². The molecule has 6 aromatic carbocycles. The zero-order chi connectivity index (χ0) is 42.5. The van der Waals surface area contributed by atoms with Crippen LogP contribution < -0.4 is 0 Å². The van der Waals surface area contributed by atoms with Crippen LogP contribution in [0.1, 0.15) is 84.2 Å². The minimum atomic E-state index is -0.996. The molecule has 0 bridgehead atoms. The number of carboxylic acids is 2. The summed E-state index contributed by atoms with van der Waals surface area (Å²) in [5.74, 6) is -1.86. The van der Waals surface area contributed by atoms with Crippen LogP contribution in [0.15, 0.2) is 152 Å². The van der Waals surface area contributed by atoms with Gasteiger partial charge in [0.2, 0.25) is 0 Å². The Bertz CT molecular complexity index is 2530. The van der Waals surface area contributed by atoms with Crippen LogP contribution in [0.3, 0.4) is 0 Å². The highest BCUT2D eigenvalue weighted by atomic mass is 35.5. The van der Waals surface area contributed by atoms with E-state index in [1.54, 1.807) is 42.5 Å². The van der Waals surface area contributed by atoms with E-state index in [-0.39, 0.29) is 24.7 Å². The van der Waals surface area contributed by atoms with Crippen LogP contribution in [-0.4, -0.2) is 32.4 Å². The first-order valence-electron chi connectivity index (χ1n) is 19.0. The molecule has 6 rings (SSSR count). The Morgan fingerprint density at radius 1 is 0.567 bits per heavy atom. The lowest BCUT2D eigenvalue weighted by Gasteiger charge is -2.18. The number of phenols is 2. The van der Waals surface area contributed by atoms with Gasteiger partial charge in [0.25, 0.3) is 0 Å². The number of halogens is 2. The maximum Gasteiger partial charge on any atom is 0.328 e. The van der Waals surface area contributed by atoms with Crippen molar-refractivity contribution in [2.75, 3.05) is 0 Å². The number of carbonyl (C=O) groups is 2. The summed E-state index contributed by atoms with van der Waals surface area (Å²) in [5.41, 5.74) is 12.4. The number of benzene rings is 6. The Labute approximate surface area is 356 Å². The smallest absolute Gasteiger partial charge is 0.328 e. The van der Waals surface area contributed by atoms with Gasteiger partial charge in [-0.15, -0.1) is 0 Å². The fourth-order valence-electron chi connectivity index (χ4n) is 6.82. The van der Waals surface area contributed by atoms with Crippen LogP contribution in [0, 0.1) is 12.7 Å². The van der Waals surface area contributed by atoms with E-state index in [2.05, 4.69) is 13.8 Å². The number of allylic oxidation sites excluding steroid dienone is 2. The molecule has 306 valence electrons. The third-order valence-electron chi connectivity index (χ3n) is 9.57. The molecule has 0 atom stereocenters. The Morgan fingerprint density at radius 3 is 1.32 bits per heavy atom. The van der Waals surface area contributed by atoms with Crippen molar-refractivity contribution in [3.63, 3.8) is 0 Å². The standard InChI is InChI=1S/C26H23FO3.C25H21ClO3.CH4/c1-3-23(24-14-11-21(27)16-17(24)2)26(20-9-12-22(28)13-10-20)19-7-4-18(5-8-19)6-15-25(29)30;1-2-21(22-5-3-4-6-23(22)26)25(19-12-14-20(27)15-13-19)18-10-7-17(8-11-18)9-16-24(28)29;/h4-16,28H,3H2,1-2H3,(H,29,30);3-16,27H,2H2,1H3,(H,28,29);1H4/b15-6+,26-23+;16-9+,25-21+;. The van der Waals surface area contributed by atoms with E-state index in [0.717, 1.165) is 97.4 Å². The number of hydrogen-bond acceptors (Lipinski definition) is 4. The second-order valence-electron chi connectivity index (χ2n) is 13.5. The van der Waals surface area contributed by atoms with E-state index in [1.807, 2.05) is 104 Å². The number of phenolic OH excluding ortho intramolecular Hbond substituents is 2. The summed E-state index contributed by atoms with van der Waals surface area (Å²) < 4.78 is 13.7. The van der Waals surface area contributed by atoms with Crippen molar-refractivity contribution in [3.8, 4) is 11.5 Å². The summed E-state index contributed by atoms with van der Waals surface area (Å²) in [6, 6.07) is 42.0. The third kappa shape index (κ3) is 12.0. The minimum Gasteiger partial charge on any atom is -0.508 e. The van der Waals surface area contributed by atoms with Gasteiger partial charge in [-0.25, -0.2) is 14.0 Å². The molecular formula is C52H48ClFO6. The fourth-order valence-corrected chi connectivity index (χ4v) is 7.07. The van der Waals surface area contributed by atoms with Gasteiger partial charge in [0.1, 0.15) is 17.3 Å². The third-order valence-corrected chi connectivity index (χ3v) is 9.90. The molecule has 0 aliphatic rings. The van der Waals surface area contributed by atoms with E-state index in [1.165, 1.54) is 12.1 Å². The predicted octanol–water partition coefficient (Wildman–Crippen LogP) is 13.5. The second-order valence-corrected chi connectivity index (χ2v) is 13.9. The van der Waals surface area contributed by atoms with Crippen molar-refractivity contribution in [2.24, 2.45) is 0 Å². The molecule has 0 unspecified atom stereocenters. The average molecular weight is 823 g/mol. The molecule has 0 fully saturated rings. The summed E-state index contributed by atoms with van der Waals surface area (Å²) in [6.45, 7) is 6.04. The van der Waals surface area contributed by atoms with Gasteiger partial charge in [0.15, 0.2) is 0 Å². The van der Waals surface area contributed by atoms with E-state index in [0.29, 0.717) is 5.02 Å². The van der Waals surface area contributed by atoms with Gasteiger partial charge in [-0.1, -0.05) is 130 Å². The van der Waals surface area contributed by atoms with Gasteiger partial charge in [0.05, 0.1) is 0 Å². The maximum absolute atomic E-state index is 13.7. The van der Waals surface area contributed by atoms with Crippen LogP contribution in [0.25, 0.3) is 34.4 Å². The normalized spacial score (nSPS) is 11.9. The molecular weight excluding hydrogens is 775 g/mol. The summed E-state index contributed by atoms with van der Waals surface area (Å²) >= 11 is 6.50. The van der Waals surface area contributed by atoms with Crippen molar-refractivity contribution in [3.05, 3.63) is 213 Å². The van der Waals surface area contributed by atoms with E-state index in [9.17, 15) is 24.2 Å². The van der Waals surface area contributed by atoms with Crippen molar-refractivity contribution < 1.29 is 34.4 Å². The number of aryl methyl sites for hydroxylation is 1. The minimum absolute atomic E-state index is 0. The first-order chi connectivity index (χ1) is 28.4.